The summed E-state index contributed by atoms with van der Waals surface area (Å²) in [5, 5.41) is 23.2. The number of nitrogens with zero attached hydrogens (tertiary/aromatic N) is 1. The van der Waals surface area contributed by atoms with E-state index in [1.165, 1.54) is 5.56 Å². The van der Waals surface area contributed by atoms with Crippen LogP contribution in [0.25, 0.3) is 11.1 Å². The average molecular weight is 545 g/mol. The fraction of sp³-hybridized carbons (Fsp3) is 0.567. The molecule has 0 radical (unpaired) electrons. The quantitative estimate of drug-likeness (QED) is 0.413. The van der Waals surface area contributed by atoms with Crippen molar-refractivity contribution in [2.45, 2.75) is 69.8 Å². The topological polar surface area (TPSA) is 105 Å². The van der Waals surface area contributed by atoms with Crippen LogP contribution < -0.4 is 5.73 Å². The molecule has 208 valence electrons. The Kier molecular flexibility index (Phi) is 9.50. The smallest absolute Gasteiger partial charge is 0.226 e. The number of rotatable bonds is 9. The molecule has 7 nitrogen and oxygen atoms in total. The molecule has 0 aromatic heterocycles. The number of morpholine rings is 1. The van der Waals surface area contributed by atoms with E-state index in [2.05, 4.69) is 26.0 Å². The molecule has 0 spiro atoms. The van der Waals surface area contributed by atoms with Gasteiger partial charge in [0.2, 0.25) is 5.91 Å². The lowest BCUT2D eigenvalue weighted by Gasteiger charge is -2.44. The molecule has 8 heteroatoms. The van der Waals surface area contributed by atoms with Crippen LogP contribution in [0.1, 0.15) is 48.8 Å². The summed E-state index contributed by atoms with van der Waals surface area (Å²) in [7, 11) is 1.67. The Labute approximate surface area is 230 Å². The van der Waals surface area contributed by atoms with Gasteiger partial charge >= 0.3 is 0 Å². The van der Waals surface area contributed by atoms with Gasteiger partial charge in [0, 0.05) is 42.8 Å². The molecule has 1 saturated heterocycles. The number of carbonyl (C=O) groups is 1. The number of halogens is 1. The first-order chi connectivity index (χ1) is 18.2. The van der Waals surface area contributed by atoms with E-state index >= 15 is 0 Å². The van der Waals surface area contributed by atoms with Crippen LogP contribution >= 0.6 is 11.6 Å². The molecule has 1 aliphatic heterocycles. The summed E-state index contributed by atoms with van der Waals surface area (Å²) in [5.74, 6) is -0.349. The van der Waals surface area contributed by atoms with Gasteiger partial charge in [0.25, 0.3) is 0 Å². The largest absolute Gasteiger partial charge is 0.391 e. The second-order valence-corrected chi connectivity index (χ2v) is 11.3. The van der Waals surface area contributed by atoms with Gasteiger partial charge in [-0.15, -0.1) is 0 Å². The van der Waals surface area contributed by atoms with E-state index in [0.717, 1.165) is 23.1 Å². The molecule has 1 saturated carbocycles. The minimum atomic E-state index is -1.39. The average Bonchev–Trinajstić information content (AvgIpc) is 3.25. The van der Waals surface area contributed by atoms with E-state index in [9.17, 15) is 15.0 Å². The molecule has 1 aliphatic carbocycles. The minimum absolute atomic E-state index is 0.0347. The summed E-state index contributed by atoms with van der Waals surface area (Å²) >= 11 is 6.81. The Hall–Kier alpha value is -2.00. The number of unbranched alkanes of at least 4 members (excludes halogenated alkanes) is 1. The van der Waals surface area contributed by atoms with Gasteiger partial charge in [-0.05, 0) is 74.3 Å². The highest BCUT2D eigenvalue weighted by molar-refractivity contribution is 6.33. The molecule has 2 aromatic carbocycles. The zero-order chi connectivity index (χ0) is 27.4. The minimum Gasteiger partial charge on any atom is -0.391 e. The van der Waals surface area contributed by atoms with E-state index in [1.807, 2.05) is 24.3 Å². The van der Waals surface area contributed by atoms with Crippen LogP contribution in [0.15, 0.2) is 36.4 Å². The summed E-state index contributed by atoms with van der Waals surface area (Å²) in [6.07, 6.45) is 1.45. The summed E-state index contributed by atoms with van der Waals surface area (Å²) in [5.41, 5.74) is 9.32. The number of benzene rings is 2. The molecule has 2 aromatic rings. The van der Waals surface area contributed by atoms with Gasteiger partial charge in [-0.25, -0.2) is 0 Å². The number of aliphatic hydroxyl groups is 2. The van der Waals surface area contributed by atoms with Crippen LogP contribution in [0.4, 0.5) is 0 Å². The molecule has 2 aliphatic rings. The van der Waals surface area contributed by atoms with Gasteiger partial charge in [-0.2, -0.15) is 0 Å². The second-order valence-electron chi connectivity index (χ2n) is 10.9. The maximum Gasteiger partial charge on any atom is 0.226 e. The van der Waals surface area contributed by atoms with Crippen molar-refractivity contribution in [3.05, 3.63) is 58.1 Å². The van der Waals surface area contributed by atoms with E-state index in [4.69, 9.17) is 26.8 Å². The molecule has 5 atom stereocenters. The Balaban J connectivity index is 1.69. The monoisotopic (exact) mass is 544 g/mol. The van der Waals surface area contributed by atoms with E-state index in [1.54, 1.807) is 12.0 Å². The predicted molar refractivity (Wildman–Crippen MR) is 149 cm³/mol. The van der Waals surface area contributed by atoms with Crippen molar-refractivity contribution in [1.29, 1.82) is 0 Å². The van der Waals surface area contributed by atoms with Crippen molar-refractivity contribution in [3.8, 4) is 11.1 Å². The third-order valence-corrected chi connectivity index (χ3v) is 8.58. The van der Waals surface area contributed by atoms with E-state index < -0.39 is 17.8 Å². The molecule has 4 N–H and O–H groups in total. The summed E-state index contributed by atoms with van der Waals surface area (Å²) in [6, 6.07) is 11.4. The highest BCUT2D eigenvalue weighted by Crippen LogP contribution is 2.43. The van der Waals surface area contributed by atoms with Crippen molar-refractivity contribution in [1.82, 2.24) is 4.90 Å². The summed E-state index contributed by atoms with van der Waals surface area (Å²) in [6.45, 7) is 5.73. The first-order valence-corrected chi connectivity index (χ1v) is 14.0. The van der Waals surface area contributed by atoms with Crippen molar-refractivity contribution < 1.29 is 24.5 Å². The SMILES string of the molecule is COCCCCC(O)(c1cccc(Cl)c1-c1ccc(C)c(C)c1)C1CN(C(=O)C2CC(N)C(O)C2)CCO1. The van der Waals surface area contributed by atoms with E-state index in [0.29, 0.717) is 56.0 Å². The number of aryl methyl sites for hydroxylation is 2. The van der Waals surface area contributed by atoms with Gasteiger partial charge in [0.15, 0.2) is 0 Å². The highest BCUT2D eigenvalue weighted by atomic mass is 35.5. The first kappa shape index (κ1) is 29.0. The number of hydrogen-bond acceptors (Lipinski definition) is 6. The number of carbonyl (C=O) groups excluding carboxylic acids is 1. The maximum atomic E-state index is 13.4. The molecule has 1 heterocycles. The fourth-order valence-electron chi connectivity index (χ4n) is 5.83. The molecule has 5 unspecified atom stereocenters. The van der Waals surface area contributed by atoms with Gasteiger partial charge < -0.3 is 30.3 Å². The number of ether oxygens (including phenoxy) is 2. The molecular formula is C30H41ClN2O5. The third kappa shape index (κ3) is 6.09. The third-order valence-electron chi connectivity index (χ3n) is 8.27. The van der Waals surface area contributed by atoms with Crippen LogP contribution in [0, 0.1) is 19.8 Å². The van der Waals surface area contributed by atoms with Crippen LogP contribution in [-0.2, 0) is 19.9 Å². The van der Waals surface area contributed by atoms with Crippen LogP contribution in [-0.4, -0.2) is 72.7 Å². The van der Waals surface area contributed by atoms with Crippen molar-refractivity contribution in [2.24, 2.45) is 11.7 Å². The second kappa shape index (κ2) is 12.5. The number of methoxy groups -OCH3 is 1. The van der Waals surface area contributed by atoms with Gasteiger partial charge in [-0.3, -0.25) is 4.79 Å². The lowest BCUT2D eigenvalue weighted by atomic mass is 9.78. The standard InChI is InChI=1S/C30H41ClN2O5/c1-19-9-10-21(15-20(19)2)28-23(7-6-8-24(28)31)30(36,11-4-5-13-37-3)27-18-33(12-14-38-27)29(35)22-16-25(32)26(34)17-22/h6-10,15,22,25-27,34,36H,4-5,11-14,16-18,32H2,1-3H3. The summed E-state index contributed by atoms with van der Waals surface area (Å²) in [4.78, 5) is 15.2. The van der Waals surface area contributed by atoms with E-state index in [-0.39, 0.29) is 24.4 Å². The normalized spacial score (nSPS) is 25.4. The number of aliphatic hydroxyl groups excluding tert-OH is 1. The fourth-order valence-corrected chi connectivity index (χ4v) is 6.12. The van der Waals surface area contributed by atoms with Gasteiger partial charge in [0.05, 0.1) is 19.3 Å². The molecule has 2 fully saturated rings. The van der Waals surface area contributed by atoms with Crippen molar-refractivity contribution in [2.75, 3.05) is 33.4 Å². The molecule has 0 bridgehead atoms. The summed E-state index contributed by atoms with van der Waals surface area (Å²) < 4.78 is 11.5. The van der Waals surface area contributed by atoms with Crippen LogP contribution in [0.3, 0.4) is 0 Å². The van der Waals surface area contributed by atoms with Crippen molar-refractivity contribution in [3.63, 3.8) is 0 Å². The Morgan fingerprint density at radius 3 is 2.68 bits per heavy atom. The number of nitrogens with two attached hydrogens (primary N) is 1. The zero-order valence-corrected chi connectivity index (χ0v) is 23.4. The zero-order valence-electron chi connectivity index (χ0n) is 22.7. The molecule has 4 rings (SSSR count). The van der Waals surface area contributed by atoms with Crippen LogP contribution in [0.2, 0.25) is 5.02 Å². The lowest BCUT2D eigenvalue weighted by molar-refractivity contribution is -0.167. The van der Waals surface area contributed by atoms with Crippen molar-refractivity contribution >= 4 is 17.5 Å². The van der Waals surface area contributed by atoms with Gasteiger partial charge in [0.1, 0.15) is 11.7 Å². The number of amides is 1. The van der Waals surface area contributed by atoms with Crippen LogP contribution in [0.5, 0.6) is 0 Å². The Bertz CT molecular complexity index is 1120. The predicted octanol–water partition coefficient (Wildman–Crippen LogP) is 3.95. The molecule has 38 heavy (non-hydrogen) atoms. The molecular weight excluding hydrogens is 504 g/mol. The Morgan fingerprint density at radius 2 is 2.00 bits per heavy atom. The molecule has 1 amide bonds. The maximum absolute atomic E-state index is 13.4. The lowest BCUT2D eigenvalue weighted by Crippen LogP contribution is -2.55. The Morgan fingerprint density at radius 1 is 1.21 bits per heavy atom. The van der Waals surface area contributed by atoms with Gasteiger partial charge in [-0.1, -0.05) is 41.9 Å². The highest BCUT2D eigenvalue weighted by Gasteiger charge is 2.45. The first-order valence-electron chi connectivity index (χ1n) is 13.6. The number of hydrogen-bond donors (Lipinski definition) is 3.